The van der Waals surface area contributed by atoms with Gasteiger partial charge in [-0.2, -0.15) is 10.5 Å². The Hall–Kier alpha value is -2.38. The average Bonchev–Trinajstić information content (AvgIpc) is 2.55. The van der Waals surface area contributed by atoms with E-state index in [-0.39, 0.29) is 17.2 Å². The Kier molecular flexibility index (Phi) is 4.35. The largest absolute Gasteiger partial charge is 0.232 e. The molecule has 19 heavy (non-hydrogen) atoms. The van der Waals surface area contributed by atoms with Crippen LogP contribution in [-0.4, -0.2) is 19.9 Å². The average molecular weight is 320 g/mol. The Morgan fingerprint density at radius 2 is 1.53 bits per heavy atom. The highest BCUT2D eigenvalue weighted by Crippen LogP contribution is 2.00. The fourth-order valence-electron chi connectivity index (χ4n) is 0.867. The van der Waals surface area contributed by atoms with Gasteiger partial charge in [0.2, 0.25) is 11.6 Å². The predicted molar refractivity (Wildman–Crippen MR) is 70.9 cm³/mol. The van der Waals surface area contributed by atoms with Crippen molar-refractivity contribution in [2.45, 2.75) is 12.2 Å². The molecule has 2 heterocycles. The van der Waals surface area contributed by atoms with Crippen LogP contribution < -0.4 is 0 Å². The number of aryl methyl sites for hydroxylation is 1. The number of halogens is 1. The molecule has 0 aliphatic carbocycles. The summed E-state index contributed by atoms with van der Waals surface area (Å²) >= 11 is 3.24. The molecule has 0 saturated carbocycles. The van der Waals surface area contributed by atoms with Crippen LogP contribution in [0.1, 0.15) is 26.9 Å². The molecule has 0 bridgehead atoms. The normalized spacial score (nSPS) is 11.6. The SMILES string of the molecule is N#Cc1ncc(CBr)cn1.[2H]C([2H])([2H])c1cnc(C#N)nc1. The topological polar surface area (TPSA) is 99.1 Å². The molecule has 0 N–H and O–H groups in total. The first kappa shape index (κ1) is 10.5. The van der Waals surface area contributed by atoms with Crippen molar-refractivity contribution in [2.24, 2.45) is 0 Å². The van der Waals surface area contributed by atoms with Gasteiger partial charge in [0.05, 0.1) is 0 Å². The van der Waals surface area contributed by atoms with Gasteiger partial charge in [0.25, 0.3) is 0 Å². The summed E-state index contributed by atoms with van der Waals surface area (Å²) in [5.41, 5.74) is 1.01. The van der Waals surface area contributed by atoms with Crippen LogP contribution in [0, 0.1) is 29.5 Å². The summed E-state index contributed by atoms with van der Waals surface area (Å²) in [7, 11) is 0. The van der Waals surface area contributed by atoms with Gasteiger partial charge in [-0.25, -0.2) is 19.9 Å². The minimum atomic E-state index is -2.20. The molecule has 0 amide bonds. The van der Waals surface area contributed by atoms with E-state index in [2.05, 4.69) is 35.9 Å². The third-order valence-electron chi connectivity index (χ3n) is 1.71. The number of nitrogens with zero attached hydrogens (tertiary/aromatic N) is 6. The van der Waals surface area contributed by atoms with E-state index in [0.29, 0.717) is 0 Å². The van der Waals surface area contributed by atoms with Gasteiger partial charge in [-0.1, -0.05) is 15.9 Å². The molecule has 2 aromatic heterocycles. The van der Waals surface area contributed by atoms with Crippen LogP contribution in [0.5, 0.6) is 0 Å². The molecule has 0 saturated heterocycles. The molecule has 0 atom stereocenters. The first-order valence-corrected chi connectivity index (χ1v) is 6.02. The Morgan fingerprint density at radius 1 is 1.05 bits per heavy atom. The van der Waals surface area contributed by atoms with Crippen LogP contribution in [0.25, 0.3) is 0 Å². The molecule has 0 unspecified atom stereocenters. The van der Waals surface area contributed by atoms with Gasteiger partial charge >= 0.3 is 0 Å². The Balaban J connectivity index is 0.000000224. The van der Waals surface area contributed by atoms with Crippen LogP contribution >= 0.6 is 15.9 Å². The third-order valence-corrected chi connectivity index (χ3v) is 2.36. The monoisotopic (exact) mass is 319 g/mol. The van der Waals surface area contributed by atoms with Crippen molar-refractivity contribution >= 4 is 15.9 Å². The van der Waals surface area contributed by atoms with E-state index in [4.69, 9.17) is 14.6 Å². The lowest BCUT2D eigenvalue weighted by atomic mass is 10.4. The highest BCUT2D eigenvalue weighted by atomic mass is 79.9. The highest BCUT2D eigenvalue weighted by Gasteiger charge is 1.92. The van der Waals surface area contributed by atoms with E-state index in [1.54, 1.807) is 18.5 Å². The number of hydrogen-bond donors (Lipinski definition) is 0. The second-order valence-electron chi connectivity index (χ2n) is 3.07. The van der Waals surface area contributed by atoms with Crippen LogP contribution in [-0.2, 0) is 5.33 Å². The van der Waals surface area contributed by atoms with Crippen LogP contribution in [0.2, 0.25) is 0 Å². The Bertz CT molecular complexity index is 685. The summed E-state index contributed by atoms with van der Waals surface area (Å²) < 4.78 is 20.9. The van der Waals surface area contributed by atoms with Crippen molar-refractivity contribution in [1.29, 1.82) is 10.5 Å². The number of alkyl halides is 1. The van der Waals surface area contributed by atoms with Gasteiger partial charge < -0.3 is 0 Å². The smallest absolute Gasteiger partial charge is 0.227 e. The molecule has 94 valence electrons. The maximum absolute atomic E-state index is 8.32. The van der Waals surface area contributed by atoms with E-state index in [1.807, 2.05) is 6.07 Å². The van der Waals surface area contributed by atoms with Crippen molar-refractivity contribution in [2.75, 3.05) is 0 Å². The molecule has 0 fully saturated rings. The van der Waals surface area contributed by atoms with Gasteiger partial charge in [-0.3, -0.25) is 0 Å². The first-order valence-electron chi connectivity index (χ1n) is 6.40. The van der Waals surface area contributed by atoms with Crippen LogP contribution in [0.4, 0.5) is 0 Å². The lowest BCUT2D eigenvalue weighted by Gasteiger charge is -1.90. The second kappa shape index (κ2) is 7.85. The van der Waals surface area contributed by atoms with E-state index in [9.17, 15) is 0 Å². The molecule has 0 aliphatic rings. The Labute approximate surface area is 123 Å². The molecule has 0 spiro atoms. The quantitative estimate of drug-likeness (QED) is 0.744. The van der Waals surface area contributed by atoms with E-state index in [1.165, 1.54) is 0 Å². The van der Waals surface area contributed by atoms with Crippen LogP contribution in [0.15, 0.2) is 24.8 Å². The highest BCUT2D eigenvalue weighted by molar-refractivity contribution is 9.08. The standard InChI is InChI=1S/C6H4BrN3.C6H5N3/c7-1-5-3-9-6(2-8)10-4-5;1-5-3-8-6(2-7)9-4-5/h3-4H,1H2;3-4H,1H3/i;1D3. The van der Waals surface area contributed by atoms with Crippen molar-refractivity contribution in [3.05, 3.63) is 47.6 Å². The summed E-state index contributed by atoms with van der Waals surface area (Å²) in [6, 6.07) is 3.54. The molecule has 7 heteroatoms. The number of rotatable bonds is 1. The molecular weight excluding hydrogens is 308 g/mol. The zero-order chi connectivity index (χ0) is 16.6. The van der Waals surface area contributed by atoms with Gasteiger partial charge in [-0.15, -0.1) is 0 Å². The fourth-order valence-corrected chi connectivity index (χ4v) is 1.16. The molecular formula is C12H9BrN6. The zero-order valence-electron chi connectivity index (χ0n) is 12.6. The van der Waals surface area contributed by atoms with Crippen molar-refractivity contribution in [1.82, 2.24) is 19.9 Å². The van der Waals surface area contributed by atoms with Gasteiger partial charge in [-0.05, 0) is 18.0 Å². The molecule has 6 nitrogen and oxygen atoms in total. The molecule has 2 aromatic rings. The van der Waals surface area contributed by atoms with Gasteiger partial charge in [0, 0.05) is 34.2 Å². The molecule has 0 radical (unpaired) electrons. The van der Waals surface area contributed by atoms with Crippen LogP contribution in [0.3, 0.4) is 0 Å². The van der Waals surface area contributed by atoms with Gasteiger partial charge in [0.15, 0.2) is 0 Å². The van der Waals surface area contributed by atoms with E-state index < -0.39 is 6.85 Å². The summed E-state index contributed by atoms with van der Waals surface area (Å²) in [4.78, 5) is 14.6. The first-order chi connectivity index (χ1) is 10.4. The minimum absolute atomic E-state index is 0.0250. The van der Waals surface area contributed by atoms with Crippen molar-refractivity contribution in [3.63, 3.8) is 0 Å². The second-order valence-corrected chi connectivity index (χ2v) is 3.63. The van der Waals surface area contributed by atoms with Crippen molar-refractivity contribution < 1.29 is 4.11 Å². The molecule has 2 rings (SSSR count). The van der Waals surface area contributed by atoms with E-state index in [0.717, 1.165) is 23.3 Å². The summed E-state index contributed by atoms with van der Waals surface area (Å²) in [5, 5.41) is 17.4. The lowest BCUT2D eigenvalue weighted by molar-refractivity contribution is 1.08. The summed E-state index contributed by atoms with van der Waals surface area (Å²) in [5.74, 6) is 0.188. The molecule has 0 aliphatic heterocycles. The number of aromatic nitrogens is 4. The minimum Gasteiger partial charge on any atom is -0.227 e. The maximum atomic E-state index is 8.32. The predicted octanol–water partition coefficient (Wildman–Crippen LogP) is 1.90. The number of hydrogen-bond acceptors (Lipinski definition) is 6. The summed E-state index contributed by atoms with van der Waals surface area (Å²) in [6.07, 6.45) is 5.53. The van der Waals surface area contributed by atoms with E-state index >= 15 is 0 Å². The maximum Gasteiger partial charge on any atom is 0.232 e. The molecule has 0 aromatic carbocycles. The van der Waals surface area contributed by atoms with Crippen molar-refractivity contribution in [3.8, 4) is 12.1 Å². The Morgan fingerprint density at radius 3 is 1.89 bits per heavy atom. The number of nitriles is 2. The summed E-state index contributed by atoms with van der Waals surface area (Å²) in [6.45, 7) is -2.20. The lowest BCUT2D eigenvalue weighted by Crippen LogP contribution is -1.88. The third kappa shape index (κ3) is 5.19. The fraction of sp³-hybridized carbons (Fsp3) is 0.167. The zero-order valence-corrected chi connectivity index (χ0v) is 11.2. The van der Waals surface area contributed by atoms with Gasteiger partial charge in [0.1, 0.15) is 12.1 Å².